The predicted molar refractivity (Wildman–Crippen MR) is 75.9 cm³/mol. The van der Waals surface area contributed by atoms with Crippen LogP contribution in [0.3, 0.4) is 0 Å². The maximum atomic E-state index is 12.0. The fourth-order valence-electron chi connectivity index (χ4n) is 1.83. The topological polar surface area (TPSA) is 45.2 Å². The number of rotatable bonds is 7. The van der Waals surface area contributed by atoms with Gasteiger partial charge in [-0.3, -0.25) is 9.69 Å². The third kappa shape index (κ3) is 4.74. The lowest BCUT2D eigenvalue weighted by molar-refractivity contribution is -0.125. The minimum absolute atomic E-state index is 0.0203. The van der Waals surface area contributed by atoms with Gasteiger partial charge in [0.05, 0.1) is 11.0 Å². The van der Waals surface area contributed by atoms with Crippen LogP contribution < -0.4 is 5.32 Å². The highest BCUT2D eigenvalue weighted by Crippen LogP contribution is 2.09. The lowest BCUT2D eigenvalue weighted by Gasteiger charge is -2.22. The van der Waals surface area contributed by atoms with Gasteiger partial charge in [0, 0.05) is 24.0 Å². The lowest BCUT2D eigenvalue weighted by Crippen LogP contribution is -2.44. The van der Waals surface area contributed by atoms with E-state index in [-0.39, 0.29) is 11.9 Å². The first-order chi connectivity index (χ1) is 8.54. The van der Waals surface area contributed by atoms with E-state index in [4.69, 9.17) is 0 Å². The molecule has 1 amide bonds. The van der Waals surface area contributed by atoms with E-state index in [9.17, 15) is 4.79 Å². The Morgan fingerprint density at radius 2 is 2.28 bits per heavy atom. The van der Waals surface area contributed by atoms with E-state index in [0.29, 0.717) is 6.54 Å². The van der Waals surface area contributed by atoms with Gasteiger partial charge < -0.3 is 5.32 Å². The highest BCUT2D eigenvalue weighted by molar-refractivity contribution is 7.09. The summed E-state index contributed by atoms with van der Waals surface area (Å²) in [7, 11) is 3.90. The zero-order valence-electron chi connectivity index (χ0n) is 11.7. The molecule has 0 spiro atoms. The molecule has 1 aromatic heterocycles. The van der Waals surface area contributed by atoms with E-state index in [1.54, 1.807) is 11.3 Å². The van der Waals surface area contributed by atoms with Crippen molar-refractivity contribution in [2.75, 3.05) is 20.6 Å². The normalized spacial score (nSPS) is 12.7. The van der Waals surface area contributed by atoms with Gasteiger partial charge in [0.25, 0.3) is 0 Å². The quantitative estimate of drug-likeness (QED) is 0.821. The highest BCUT2D eigenvalue weighted by atomic mass is 32.1. The van der Waals surface area contributed by atoms with Crippen LogP contribution in [-0.2, 0) is 11.2 Å². The second-order valence-corrected chi connectivity index (χ2v) is 5.63. The minimum atomic E-state index is -0.0203. The number of aryl methyl sites for hydroxylation is 1. The largest absolute Gasteiger partial charge is 0.354 e. The van der Waals surface area contributed by atoms with Crippen LogP contribution in [-0.4, -0.2) is 42.5 Å². The Kier molecular flexibility index (Phi) is 6.29. The number of hydrogen-bond donors (Lipinski definition) is 1. The van der Waals surface area contributed by atoms with Crippen molar-refractivity contribution in [1.29, 1.82) is 0 Å². The summed E-state index contributed by atoms with van der Waals surface area (Å²) in [6.45, 7) is 4.75. The summed E-state index contributed by atoms with van der Waals surface area (Å²) in [6.07, 6.45) is 2.73. The zero-order valence-corrected chi connectivity index (χ0v) is 12.5. The number of hydrogen-bond acceptors (Lipinski definition) is 4. The van der Waals surface area contributed by atoms with Crippen molar-refractivity contribution in [1.82, 2.24) is 15.2 Å². The molecule has 0 saturated carbocycles. The molecule has 0 aliphatic rings. The third-order valence-electron chi connectivity index (χ3n) is 2.79. The van der Waals surface area contributed by atoms with Gasteiger partial charge >= 0.3 is 0 Å². The summed E-state index contributed by atoms with van der Waals surface area (Å²) >= 11 is 1.65. The number of likely N-dealkylation sites (N-methyl/N-ethyl adjacent to an activating group) is 1. The van der Waals surface area contributed by atoms with Crippen molar-refractivity contribution in [2.45, 2.75) is 39.2 Å². The standard InChI is InChI=1S/C13H23N3OS/c1-5-6-11(16(3)4)13(17)14-8-7-12-15-10(2)9-18-12/h9,11H,5-8H2,1-4H3,(H,14,17)/t11-/m1/s1. The zero-order chi connectivity index (χ0) is 13.5. The Labute approximate surface area is 113 Å². The smallest absolute Gasteiger partial charge is 0.237 e. The Morgan fingerprint density at radius 1 is 1.56 bits per heavy atom. The van der Waals surface area contributed by atoms with Crippen LogP contribution in [0.4, 0.5) is 0 Å². The molecule has 0 aromatic carbocycles. The van der Waals surface area contributed by atoms with Gasteiger partial charge in [-0.2, -0.15) is 0 Å². The Bertz CT molecular complexity index is 376. The van der Waals surface area contributed by atoms with Gasteiger partial charge in [0.2, 0.25) is 5.91 Å². The molecule has 1 aromatic rings. The number of thiazole rings is 1. The summed E-state index contributed by atoms with van der Waals surface area (Å²) in [4.78, 5) is 18.4. The summed E-state index contributed by atoms with van der Waals surface area (Å²) in [5, 5.41) is 6.12. The molecule has 0 bridgehead atoms. The molecule has 0 aliphatic heterocycles. The van der Waals surface area contributed by atoms with E-state index in [1.807, 2.05) is 31.3 Å². The Balaban J connectivity index is 2.35. The molecule has 0 fully saturated rings. The SMILES string of the molecule is CCC[C@H](C(=O)NCCc1nc(C)cs1)N(C)C. The predicted octanol–water partition coefficient (Wildman–Crippen LogP) is 1.84. The maximum absolute atomic E-state index is 12.0. The van der Waals surface area contributed by atoms with E-state index in [2.05, 4.69) is 17.2 Å². The van der Waals surface area contributed by atoms with Gasteiger partial charge in [0.15, 0.2) is 0 Å². The molecule has 0 unspecified atom stereocenters. The molecule has 0 saturated heterocycles. The van der Waals surface area contributed by atoms with Crippen LogP contribution in [0.15, 0.2) is 5.38 Å². The van der Waals surface area contributed by atoms with Crippen LogP contribution >= 0.6 is 11.3 Å². The third-order valence-corrected chi connectivity index (χ3v) is 3.82. The first kappa shape index (κ1) is 15.1. The molecule has 1 N–H and O–H groups in total. The summed E-state index contributed by atoms with van der Waals surface area (Å²) < 4.78 is 0. The molecular formula is C13H23N3OS. The van der Waals surface area contributed by atoms with Crippen LogP contribution in [0.5, 0.6) is 0 Å². The molecule has 102 valence electrons. The second-order valence-electron chi connectivity index (χ2n) is 4.69. The average Bonchev–Trinajstić information content (AvgIpc) is 2.71. The lowest BCUT2D eigenvalue weighted by atomic mass is 10.1. The second kappa shape index (κ2) is 7.48. The monoisotopic (exact) mass is 269 g/mol. The molecule has 4 nitrogen and oxygen atoms in total. The van der Waals surface area contributed by atoms with Crippen LogP contribution in [0, 0.1) is 6.92 Å². The molecule has 1 heterocycles. The number of carbonyl (C=O) groups excluding carboxylic acids is 1. The fraction of sp³-hybridized carbons (Fsp3) is 0.692. The molecule has 0 aliphatic carbocycles. The first-order valence-corrected chi connectivity index (χ1v) is 7.27. The number of carbonyl (C=O) groups is 1. The van der Waals surface area contributed by atoms with Gasteiger partial charge in [0.1, 0.15) is 0 Å². The van der Waals surface area contributed by atoms with Crippen LogP contribution in [0.1, 0.15) is 30.5 Å². The first-order valence-electron chi connectivity index (χ1n) is 6.39. The van der Waals surface area contributed by atoms with Crippen molar-refractivity contribution < 1.29 is 4.79 Å². The highest BCUT2D eigenvalue weighted by Gasteiger charge is 2.18. The van der Waals surface area contributed by atoms with E-state index >= 15 is 0 Å². The number of aromatic nitrogens is 1. The van der Waals surface area contributed by atoms with Crippen LogP contribution in [0.2, 0.25) is 0 Å². The summed E-state index contributed by atoms with van der Waals surface area (Å²) in [6, 6.07) is -0.0203. The number of amides is 1. The molecule has 5 heteroatoms. The Hall–Kier alpha value is -0.940. The summed E-state index contributed by atoms with van der Waals surface area (Å²) in [5.74, 6) is 0.120. The molecule has 18 heavy (non-hydrogen) atoms. The van der Waals surface area contributed by atoms with E-state index in [0.717, 1.165) is 30.0 Å². The minimum Gasteiger partial charge on any atom is -0.354 e. The van der Waals surface area contributed by atoms with Crippen molar-refractivity contribution in [2.24, 2.45) is 0 Å². The molecule has 0 radical (unpaired) electrons. The van der Waals surface area contributed by atoms with E-state index < -0.39 is 0 Å². The van der Waals surface area contributed by atoms with Crippen molar-refractivity contribution in [3.63, 3.8) is 0 Å². The molecule has 1 rings (SSSR count). The molecular weight excluding hydrogens is 246 g/mol. The molecule has 1 atom stereocenters. The van der Waals surface area contributed by atoms with Crippen molar-refractivity contribution in [3.05, 3.63) is 16.1 Å². The number of nitrogens with zero attached hydrogens (tertiary/aromatic N) is 2. The Morgan fingerprint density at radius 3 is 2.78 bits per heavy atom. The number of nitrogens with one attached hydrogen (secondary N) is 1. The van der Waals surface area contributed by atoms with Gasteiger partial charge in [-0.1, -0.05) is 13.3 Å². The van der Waals surface area contributed by atoms with Gasteiger partial charge in [-0.15, -0.1) is 11.3 Å². The van der Waals surface area contributed by atoms with E-state index in [1.165, 1.54) is 0 Å². The fourth-order valence-corrected chi connectivity index (χ4v) is 2.60. The van der Waals surface area contributed by atoms with Crippen molar-refractivity contribution in [3.8, 4) is 0 Å². The average molecular weight is 269 g/mol. The van der Waals surface area contributed by atoms with Gasteiger partial charge in [-0.25, -0.2) is 4.98 Å². The maximum Gasteiger partial charge on any atom is 0.237 e. The van der Waals surface area contributed by atoms with Gasteiger partial charge in [-0.05, 0) is 27.4 Å². The van der Waals surface area contributed by atoms with Crippen molar-refractivity contribution >= 4 is 17.2 Å². The summed E-state index contributed by atoms with van der Waals surface area (Å²) in [5.41, 5.74) is 1.05. The van der Waals surface area contributed by atoms with Crippen LogP contribution in [0.25, 0.3) is 0 Å².